The summed E-state index contributed by atoms with van der Waals surface area (Å²) in [7, 11) is 0. The van der Waals surface area contributed by atoms with Gasteiger partial charge in [0.25, 0.3) is 6.36 Å². The lowest BCUT2D eigenvalue weighted by Crippen LogP contribution is -2.11. The summed E-state index contributed by atoms with van der Waals surface area (Å²) in [4.78, 5) is 10.4. The van der Waals surface area contributed by atoms with Gasteiger partial charge in [-0.2, -0.15) is 4.39 Å². The summed E-state index contributed by atoms with van der Waals surface area (Å²) < 4.78 is 28.7. The Hall–Kier alpha value is -1.16. The third kappa shape index (κ3) is 2.96. The Balaban J connectivity index is 2.86. The first-order valence-electron chi connectivity index (χ1n) is 3.78. The Morgan fingerprint density at radius 1 is 1.50 bits per heavy atom. The second kappa shape index (κ2) is 4.91. The van der Waals surface area contributed by atoms with Crippen LogP contribution < -0.4 is 4.74 Å². The van der Waals surface area contributed by atoms with Crippen molar-refractivity contribution in [2.45, 2.75) is 6.36 Å². The molecule has 0 aromatic heterocycles. The number of hydrogen-bond acceptors (Lipinski definition) is 2. The molecule has 1 unspecified atom stereocenters. The molecule has 0 spiro atoms. The van der Waals surface area contributed by atoms with Crippen molar-refractivity contribution >= 4 is 17.9 Å². The van der Waals surface area contributed by atoms with Crippen LogP contribution in [0.5, 0.6) is 5.75 Å². The summed E-state index contributed by atoms with van der Waals surface area (Å²) in [5, 5.41) is 0.232. The lowest BCUT2D eigenvalue weighted by atomic mass is 10.2. The van der Waals surface area contributed by atoms with Gasteiger partial charge >= 0.3 is 0 Å². The van der Waals surface area contributed by atoms with E-state index >= 15 is 0 Å². The lowest BCUT2D eigenvalue weighted by molar-refractivity contribution is 0.0434. The fourth-order valence-corrected chi connectivity index (χ4v) is 1.13. The molecule has 0 bridgehead atoms. The Labute approximate surface area is 84.4 Å². The first-order valence-corrected chi connectivity index (χ1v) is 4.16. The van der Waals surface area contributed by atoms with Crippen LogP contribution in [-0.4, -0.2) is 19.3 Å². The summed E-state index contributed by atoms with van der Waals surface area (Å²) in [5.41, 5.74) is 0.249. The van der Waals surface area contributed by atoms with E-state index < -0.39 is 13.0 Å². The van der Waals surface area contributed by atoms with E-state index in [-0.39, 0.29) is 16.3 Å². The molecule has 0 radical (unpaired) electrons. The van der Waals surface area contributed by atoms with Gasteiger partial charge in [-0.3, -0.25) is 4.79 Å². The number of rotatable bonds is 4. The zero-order chi connectivity index (χ0) is 10.6. The van der Waals surface area contributed by atoms with Gasteiger partial charge in [0.15, 0.2) is 6.67 Å². The fraction of sp³-hybridized carbons (Fsp3) is 0.222. The SMILES string of the molecule is O=Cc1cc(Cl)cc(OC(F)CF)c1. The molecule has 76 valence electrons. The molecule has 0 aliphatic heterocycles. The molecule has 0 saturated heterocycles. The van der Waals surface area contributed by atoms with Gasteiger partial charge < -0.3 is 4.74 Å². The average Bonchev–Trinajstić information content (AvgIpc) is 2.16. The monoisotopic (exact) mass is 220 g/mol. The van der Waals surface area contributed by atoms with Crippen molar-refractivity contribution in [2.75, 3.05) is 6.67 Å². The number of halogens is 3. The topological polar surface area (TPSA) is 26.3 Å². The van der Waals surface area contributed by atoms with E-state index in [1.165, 1.54) is 18.2 Å². The second-order valence-corrected chi connectivity index (χ2v) is 2.96. The van der Waals surface area contributed by atoms with E-state index in [0.717, 1.165) is 0 Å². The summed E-state index contributed by atoms with van der Waals surface area (Å²) >= 11 is 5.60. The van der Waals surface area contributed by atoms with Crippen LogP contribution in [0.2, 0.25) is 5.02 Å². The van der Waals surface area contributed by atoms with Gasteiger partial charge in [0.1, 0.15) is 12.0 Å². The van der Waals surface area contributed by atoms with Gasteiger partial charge in [0, 0.05) is 10.6 Å². The summed E-state index contributed by atoms with van der Waals surface area (Å²) in [6.07, 6.45) is -1.49. The van der Waals surface area contributed by atoms with E-state index in [9.17, 15) is 13.6 Å². The maximum Gasteiger partial charge on any atom is 0.266 e. The zero-order valence-electron chi connectivity index (χ0n) is 7.04. The van der Waals surface area contributed by atoms with Crippen LogP contribution in [0.3, 0.4) is 0 Å². The highest BCUT2D eigenvalue weighted by molar-refractivity contribution is 6.31. The number of hydrogen-bond donors (Lipinski definition) is 0. The predicted octanol–water partition coefficient (Wildman–Crippen LogP) is 2.80. The molecule has 0 aliphatic rings. The van der Waals surface area contributed by atoms with Gasteiger partial charge in [-0.25, -0.2) is 4.39 Å². The molecule has 0 saturated carbocycles. The van der Waals surface area contributed by atoms with Crippen molar-refractivity contribution in [1.82, 2.24) is 0 Å². The van der Waals surface area contributed by atoms with E-state index in [2.05, 4.69) is 4.74 Å². The maximum absolute atomic E-state index is 12.5. The Bertz CT molecular complexity index is 331. The van der Waals surface area contributed by atoms with Gasteiger partial charge in [0.05, 0.1) is 0 Å². The highest BCUT2D eigenvalue weighted by Gasteiger charge is 2.08. The molecule has 1 rings (SSSR count). The number of aldehydes is 1. The van der Waals surface area contributed by atoms with Crippen molar-refractivity contribution in [3.8, 4) is 5.75 Å². The van der Waals surface area contributed by atoms with Crippen molar-refractivity contribution in [3.63, 3.8) is 0 Å². The molecule has 0 heterocycles. The van der Waals surface area contributed by atoms with Crippen LogP contribution in [0.25, 0.3) is 0 Å². The molecule has 1 aromatic carbocycles. The number of ether oxygens (including phenoxy) is 1. The van der Waals surface area contributed by atoms with Crippen molar-refractivity contribution in [1.29, 1.82) is 0 Å². The van der Waals surface area contributed by atoms with Crippen LogP contribution in [0, 0.1) is 0 Å². The fourth-order valence-electron chi connectivity index (χ4n) is 0.900. The minimum Gasteiger partial charge on any atom is -0.457 e. The van der Waals surface area contributed by atoms with Crippen molar-refractivity contribution in [3.05, 3.63) is 28.8 Å². The molecule has 1 atom stereocenters. The predicted molar refractivity (Wildman–Crippen MR) is 48.3 cm³/mol. The van der Waals surface area contributed by atoms with Gasteiger partial charge in [-0.15, -0.1) is 0 Å². The van der Waals surface area contributed by atoms with E-state index in [0.29, 0.717) is 6.29 Å². The smallest absolute Gasteiger partial charge is 0.266 e. The first kappa shape index (κ1) is 10.9. The van der Waals surface area contributed by atoms with Crippen LogP contribution in [-0.2, 0) is 0 Å². The second-order valence-electron chi connectivity index (χ2n) is 2.52. The molecule has 0 amide bonds. The minimum atomic E-state index is -2.03. The molecule has 0 aliphatic carbocycles. The van der Waals surface area contributed by atoms with Crippen LogP contribution in [0.4, 0.5) is 8.78 Å². The molecule has 2 nitrogen and oxygen atoms in total. The highest BCUT2D eigenvalue weighted by Crippen LogP contribution is 2.21. The molecule has 5 heteroatoms. The molecular weight excluding hydrogens is 214 g/mol. The largest absolute Gasteiger partial charge is 0.457 e. The number of carbonyl (C=O) groups excluding carboxylic acids is 1. The lowest BCUT2D eigenvalue weighted by Gasteiger charge is -2.08. The van der Waals surface area contributed by atoms with Gasteiger partial charge in [0.2, 0.25) is 0 Å². The van der Waals surface area contributed by atoms with Crippen molar-refractivity contribution in [2.24, 2.45) is 0 Å². The van der Waals surface area contributed by atoms with E-state index in [4.69, 9.17) is 11.6 Å². The third-order valence-corrected chi connectivity index (χ3v) is 1.63. The molecular formula is C9H7ClF2O2. The summed E-state index contributed by atoms with van der Waals surface area (Å²) in [6.45, 7) is -1.25. The summed E-state index contributed by atoms with van der Waals surface area (Å²) in [6, 6.07) is 3.97. The van der Waals surface area contributed by atoms with E-state index in [1.807, 2.05) is 0 Å². The average molecular weight is 221 g/mol. The van der Waals surface area contributed by atoms with E-state index in [1.54, 1.807) is 0 Å². The van der Waals surface area contributed by atoms with Crippen LogP contribution >= 0.6 is 11.6 Å². The van der Waals surface area contributed by atoms with Gasteiger partial charge in [-0.05, 0) is 18.2 Å². The molecule has 1 aromatic rings. The number of benzene rings is 1. The number of carbonyl (C=O) groups is 1. The minimum absolute atomic E-state index is 0.0322. The summed E-state index contributed by atoms with van der Waals surface area (Å²) in [5.74, 6) is 0.0322. The quantitative estimate of drug-likeness (QED) is 0.730. The standard InChI is InChI=1S/C9H7ClF2O2/c10-7-1-6(5-13)2-8(3-7)14-9(12)4-11/h1-3,5,9H,4H2. The molecule has 14 heavy (non-hydrogen) atoms. The molecule has 0 N–H and O–H groups in total. The first-order chi connectivity index (χ1) is 6.65. The third-order valence-electron chi connectivity index (χ3n) is 1.41. The van der Waals surface area contributed by atoms with Crippen molar-refractivity contribution < 1.29 is 18.3 Å². The van der Waals surface area contributed by atoms with Crippen LogP contribution in [0.15, 0.2) is 18.2 Å². The highest BCUT2D eigenvalue weighted by atomic mass is 35.5. The van der Waals surface area contributed by atoms with Crippen LogP contribution in [0.1, 0.15) is 10.4 Å². The maximum atomic E-state index is 12.5. The normalized spacial score (nSPS) is 12.2. The Morgan fingerprint density at radius 2 is 2.21 bits per heavy atom. The molecule has 0 fully saturated rings. The Kier molecular flexibility index (Phi) is 3.83. The van der Waals surface area contributed by atoms with Gasteiger partial charge in [-0.1, -0.05) is 11.6 Å². The zero-order valence-corrected chi connectivity index (χ0v) is 7.80. The number of alkyl halides is 2. The Morgan fingerprint density at radius 3 is 2.79 bits per heavy atom.